The molecule has 2 aromatic heterocycles. The number of aromatic nitrogens is 2. The monoisotopic (exact) mass is 342 g/mol. The molecule has 0 unspecified atom stereocenters. The van der Waals surface area contributed by atoms with Crippen LogP contribution in [0.2, 0.25) is 0 Å². The summed E-state index contributed by atoms with van der Waals surface area (Å²) in [6.07, 6.45) is 1.86. The number of nitrogens with one attached hydrogen (secondary N) is 1. The molecule has 0 bridgehead atoms. The number of amides is 2. The van der Waals surface area contributed by atoms with Crippen LogP contribution in [0.25, 0.3) is 10.2 Å². The summed E-state index contributed by atoms with van der Waals surface area (Å²) in [5.74, 6) is 0.755. The summed E-state index contributed by atoms with van der Waals surface area (Å²) in [5, 5.41) is 7.94. The standard InChI is InChI=1S/C17H18N4O2S/c1-10-8-15(23-20-10)14-4-3-7-21(14)17(22)19-12-5-6-16-13(9-12)18-11(2)24-16/h5-6,8-9,14H,3-4,7H2,1-2H3,(H,19,22)/t14-/m0/s1. The van der Waals surface area contributed by atoms with Gasteiger partial charge in [0.2, 0.25) is 0 Å². The van der Waals surface area contributed by atoms with Crippen LogP contribution in [0.1, 0.15) is 35.3 Å². The molecule has 0 radical (unpaired) electrons. The zero-order valence-corrected chi connectivity index (χ0v) is 14.4. The molecule has 1 aliphatic heterocycles. The average molecular weight is 342 g/mol. The molecule has 0 spiro atoms. The van der Waals surface area contributed by atoms with Gasteiger partial charge in [0.15, 0.2) is 5.76 Å². The highest BCUT2D eigenvalue weighted by Gasteiger charge is 2.32. The quantitative estimate of drug-likeness (QED) is 0.755. The summed E-state index contributed by atoms with van der Waals surface area (Å²) in [4.78, 5) is 19.0. The molecule has 1 aromatic carbocycles. The minimum atomic E-state index is -0.113. The number of anilines is 1. The van der Waals surface area contributed by atoms with E-state index in [1.54, 1.807) is 11.3 Å². The van der Waals surface area contributed by atoms with Gasteiger partial charge in [0.25, 0.3) is 0 Å². The molecule has 7 heteroatoms. The van der Waals surface area contributed by atoms with Gasteiger partial charge >= 0.3 is 6.03 Å². The molecular weight excluding hydrogens is 324 g/mol. The molecule has 1 atom stereocenters. The maximum Gasteiger partial charge on any atom is 0.322 e. The van der Waals surface area contributed by atoms with Gasteiger partial charge in [-0.05, 0) is 44.9 Å². The van der Waals surface area contributed by atoms with E-state index in [0.29, 0.717) is 6.54 Å². The van der Waals surface area contributed by atoms with Gasteiger partial charge in [0.05, 0.1) is 27.0 Å². The van der Waals surface area contributed by atoms with Crippen LogP contribution < -0.4 is 5.32 Å². The van der Waals surface area contributed by atoms with E-state index in [1.807, 2.05) is 43.0 Å². The summed E-state index contributed by atoms with van der Waals surface area (Å²) >= 11 is 1.65. The highest BCUT2D eigenvalue weighted by molar-refractivity contribution is 7.18. The van der Waals surface area contributed by atoms with E-state index < -0.39 is 0 Å². The fraction of sp³-hybridized carbons (Fsp3) is 0.353. The molecule has 1 aliphatic rings. The molecule has 24 heavy (non-hydrogen) atoms. The Labute approximate surface area is 143 Å². The molecule has 6 nitrogen and oxygen atoms in total. The van der Waals surface area contributed by atoms with Crippen molar-refractivity contribution in [2.24, 2.45) is 0 Å². The lowest BCUT2D eigenvalue weighted by Crippen LogP contribution is -2.34. The number of hydrogen-bond donors (Lipinski definition) is 1. The Morgan fingerprint density at radius 3 is 3.04 bits per heavy atom. The summed E-state index contributed by atoms with van der Waals surface area (Å²) in [6, 6.07) is 7.58. The van der Waals surface area contributed by atoms with E-state index in [2.05, 4.69) is 15.5 Å². The van der Waals surface area contributed by atoms with Crippen molar-refractivity contribution in [3.8, 4) is 0 Å². The number of thiazole rings is 1. The van der Waals surface area contributed by atoms with Crippen LogP contribution in [0.4, 0.5) is 10.5 Å². The highest BCUT2D eigenvalue weighted by Crippen LogP contribution is 2.33. The van der Waals surface area contributed by atoms with Crippen molar-refractivity contribution in [1.82, 2.24) is 15.0 Å². The molecule has 1 fully saturated rings. The third-order valence-electron chi connectivity index (χ3n) is 4.23. The summed E-state index contributed by atoms with van der Waals surface area (Å²) in [7, 11) is 0. The first-order valence-corrected chi connectivity index (χ1v) is 8.80. The average Bonchev–Trinajstić information content (AvgIpc) is 3.24. The molecule has 3 heterocycles. The van der Waals surface area contributed by atoms with Gasteiger partial charge < -0.3 is 14.7 Å². The number of fused-ring (bicyclic) bond motifs is 1. The molecule has 1 N–H and O–H groups in total. The largest absolute Gasteiger partial charge is 0.359 e. The minimum Gasteiger partial charge on any atom is -0.359 e. The molecule has 4 rings (SSSR count). The van der Waals surface area contributed by atoms with E-state index in [1.165, 1.54) is 0 Å². The summed E-state index contributed by atoms with van der Waals surface area (Å²) < 4.78 is 6.49. The second kappa shape index (κ2) is 5.90. The fourth-order valence-electron chi connectivity index (χ4n) is 3.16. The van der Waals surface area contributed by atoms with Gasteiger partial charge in [-0.25, -0.2) is 9.78 Å². The second-order valence-electron chi connectivity index (χ2n) is 6.07. The van der Waals surface area contributed by atoms with Crippen molar-refractivity contribution in [3.63, 3.8) is 0 Å². The van der Waals surface area contributed by atoms with Crippen LogP contribution in [0.15, 0.2) is 28.8 Å². The van der Waals surface area contributed by atoms with Crippen LogP contribution in [0.5, 0.6) is 0 Å². The Hall–Kier alpha value is -2.41. The normalized spacial score (nSPS) is 17.6. The number of nitrogens with zero attached hydrogens (tertiary/aromatic N) is 3. The zero-order chi connectivity index (χ0) is 16.7. The van der Waals surface area contributed by atoms with Crippen molar-refractivity contribution in [2.75, 3.05) is 11.9 Å². The zero-order valence-electron chi connectivity index (χ0n) is 13.6. The predicted octanol–water partition coefficient (Wildman–Crippen LogP) is 4.27. The van der Waals surface area contributed by atoms with Gasteiger partial charge in [-0.2, -0.15) is 0 Å². The number of carbonyl (C=O) groups excluding carboxylic acids is 1. The Balaban J connectivity index is 1.53. The van der Waals surface area contributed by atoms with Crippen molar-refractivity contribution in [3.05, 3.63) is 40.7 Å². The van der Waals surface area contributed by atoms with Crippen LogP contribution in [-0.4, -0.2) is 27.6 Å². The van der Waals surface area contributed by atoms with Crippen molar-refractivity contribution in [1.29, 1.82) is 0 Å². The number of urea groups is 1. The Morgan fingerprint density at radius 1 is 1.38 bits per heavy atom. The SMILES string of the molecule is Cc1cc([C@@H]2CCCN2C(=O)Nc2ccc3sc(C)nc3c2)on1. The first kappa shape index (κ1) is 15.1. The van der Waals surface area contributed by atoms with Crippen LogP contribution >= 0.6 is 11.3 Å². The van der Waals surface area contributed by atoms with Gasteiger partial charge in [-0.1, -0.05) is 5.16 Å². The lowest BCUT2D eigenvalue weighted by molar-refractivity contribution is 0.195. The molecule has 0 saturated carbocycles. The first-order chi connectivity index (χ1) is 11.6. The van der Waals surface area contributed by atoms with Gasteiger partial charge in [-0.3, -0.25) is 0 Å². The maximum atomic E-state index is 12.7. The molecular formula is C17H18N4O2S. The first-order valence-electron chi connectivity index (χ1n) is 7.98. The second-order valence-corrected chi connectivity index (χ2v) is 7.30. The number of rotatable bonds is 2. The fourth-order valence-corrected chi connectivity index (χ4v) is 3.97. The summed E-state index contributed by atoms with van der Waals surface area (Å²) in [5.41, 5.74) is 2.51. The lowest BCUT2D eigenvalue weighted by atomic mass is 10.1. The molecule has 0 aliphatic carbocycles. The third kappa shape index (κ3) is 2.75. The number of hydrogen-bond acceptors (Lipinski definition) is 5. The Bertz CT molecular complexity index is 901. The Kier molecular flexibility index (Phi) is 3.72. The predicted molar refractivity (Wildman–Crippen MR) is 93.3 cm³/mol. The minimum absolute atomic E-state index is 0.0450. The van der Waals surface area contributed by atoms with Crippen molar-refractivity contribution in [2.45, 2.75) is 32.7 Å². The van der Waals surface area contributed by atoms with Crippen molar-refractivity contribution < 1.29 is 9.32 Å². The smallest absolute Gasteiger partial charge is 0.322 e. The molecule has 124 valence electrons. The van der Waals surface area contributed by atoms with E-state index in [4.69, 9.17) is 4.52 Å². The van der Waals surface area contributed by atoms with Gasteiger partial charge in [0, 0.05) is 18.3 Å². The molecule has 2 amide bonds. The van der Waals surface area contributed by atoms with E-state index in [0.717, 1.165) is 45.2 Å². The van der Waals surface area contributed by atoms with Crippen LogP contribution in [-0.2, 0) is 0 Å². The third-order valence-corrected chi connectivity index (χ3v) is 5.19. The Morgan fingerprint density at radius 2 is 2.25 bits per heavy atom. The number of aryl methyl sites for hydroxylation is 2. The van der Waals surface area contributed by atoms with Crippen LogP contribution in [0, 0.1) is 13.8 Å². The number of likely N-dealkylation sites (tertiary alicyclic amines) is 1. The van der Waals surface area contributed by atoms with Gasteiger partial charge in [0.1, 0.15) is 0 Å². The van der Waals surface area contributed by atoms with E-state index >= 15 is 0 Å². The molecule has 3 aromatic rings. The number of benzene rings is 1. The van der Waals surface area contributed by atoms with Gasteiger partial charge in [-0.15, -0.1) is 11.3 Å². The maximum absolute atomic E-state index is 12.7. The van der Waals surface area contributed by atoms with Crippen LogP contribution in [0.3, 0.4) is 0 Å². The summed E-state index contributed by atoms with van der Waals surface area (Å²) in [6.45, 7) is 4.59. The van der Waals surface area contributed by atoms with E-state index in [-0.39, 0.29) is 12.1 Å². The topological polar surface area (TPSA) is 71.3 Å². The number of carbonyl (C=O) groups is 1. The highest BCUT2D eigenvalue weighted by atomic mass is 32.1. The van der Waals surface area contributed by atoms with E-state index in [9.17, 15) is 4.79 Å². The van der Waals surface area contributed by atoms with Crippen molar-refractivity contribution >= 4 is 33.3 Å². The lowest BCUT2D eigenvalue weighted by Gasteiger charge is -2.23. The molecule has 1 saturated heterocycles.